The number of hydrogen-bond acceptors (Lipinski definition) is 8. The lowest BCUT2D eigenvalue weighted by Gasteiger charge is -2.37. The number of fused-ring (bicyclic) bond motifs is 2. The van der Waals surface area contributed by atoms with Gasteiger partial charge in [0.25, 0.3) is 11.8 Å². The van der Waals surface area contributed by atoms with Crippen LogP contribution in [0.3, 0.4) is 0 Å². The van der Waals surface area contributed by atoms with Crippen LogP contribution in [0.2, 0.25) is 0 Å². The molecule has 3 amide bonds. The van der Waals surface area contributed by atoms with Gasteiger partial charge in [0, 0.05) is 44.9 Å². The van der Waals surface area contributed by atoms with Crippen molar-refractivity contribution in [3.8, 4) is 6.07 Å². The third kappa shape index (κ3) is 5.67. The molecule has 1 saturated heterocycles. The first-order chi connectivity index (χ1) is 21.2. The topological polar surface area (TPSA) is 160 Å². The first kappa shape index (κ1) is 30.8. The molecule has 230 valence electrons. The van der Waals surface area contributed by atoms with Crippen molar-refractivity contribution in [1.29, 1.82) is 5.26 Å². The molecular weight excluding hydrogens is 558 g/mol. The van der Waals surface area contributed by atoms with Crippen molar-refractivity contribution in [2.45, 2.75) is 62.9 Å². The first-order valence-corrected chi connectivity index (χ1v) is 15.1. The van der Waals surface area contributed by atoms with Crippen LogP contribution in [-0.4, -0.2) is 94.5 Å². The van der Waals surface area contributed by atoms with Crippen LogP contribution < -0.4 is 10.6 Å². The van der Waals surface area contributed by atoms with Crippen LogP contribution in [0.25, 0.3) is 0 Å². The smallest absolute Gasteiger partial charge is 0.253 e. The zero-order chi connectivity index (χ0) is 31.4. The highest BCUT2D eigenvalue weighted by atomic mass is 16.2. The second-order valence-corrected chi connectivity index (χ2v) is 11.7. The summed E-state index contributed by atoms with van der Waals surface area (Å²) < 4.78 is 0. The van der Waals surface area contributed by atoms with Gasteiger partial charge in [-0.05, 0) is 85.0 Å². The van der Waals surface area contributed by atoms with Crippen molar-refractivity contribution >= 4 is 17.7 Å². The lowest BCUT2D eigenvalue weighted by Crippen LogP contribution is -2.46. The van der Waals surface area contributed by atoms with E-state index in [1.165, 1.54) is 0 Å². The van der Waals surface area contributed by atoms with Gasteiger partial charge in [0.1, 0.15) is 6.04 Å². The van der Waals surface area contributed by atoms with Crippen molar-refractivity contribution in [3.05, 3.63) is 75.6 Å². The van der Waals surface area contributed by atoms with Crippen molar-refractivity contribution in [2.24, 2.45) is 0 Å². The van der Waals surface area contributed by atoms with Gasteiger partial charge in [0.05, 0.1) is 18.0 Å². The molecule has 44 heavy (non-hydrogen) atoms. The number of nitrogens with zero attached hydrogens (tertiary/aromatic N) is 6. The Hall–Kier alpha value is -4.63. The minimum atomic E-state index is -0.908. The minimum Gasteiger partial charge on any atom is -0.355 e. The van der Waals surface area contributed by atoms with Gasteiger partial charge in [-0.3, -0.25) is 14.4 Å². The van der Waals surface area contributed by atoms with Crippen LogP contribution in [0.5, 0.6) is 0 Å². The van der Waals surface area contributed by atoms with E-state index in [2.05, 4.69) is 44.3 Å². The van der Waals surface area contributed by atoms with Crippen molar-refractivity contribution in [3.63, 3.8) is 0 Å². The summed E-state index contributed by atoms with van der Waals surface area (Å²) in [5, 5.41) is 31.4. The number of H-pyrrole nitrogens is 1. The summed E-state index contributed by atoms with van der Waals surface area (Å²) >= 11 is 0. The molecule has 1 aromatic heterocycles. The Bertz CT molecular complexity index is 1580. The summed E-state index contributed by atoms with van der Waals surface area (Å²) in [5.74, 6) is 0.107. The minimum absolute atomic E-state index is 0.0918. The summed E-state index contributed by atoms with van der Waals surface area (Å²) in [4.78, 5) is 42.0. The van der Waals surface area contributed by atoms with Crippen LogP contribution >= 0.6 is 0 Å². The molecule has 0 radical (unpaired) electrons. The number of likely N-dealkylation sites (tertiary alicyclic amines) is 1. The molecule has 12 nitrogen and oxygen atoms in total. The standard InChI is InChI=1S/C32H39N9O3/c1-5-24(35-19-28(42)41-14-6-7-25(41)18-33)17-32(31-36-38-39-37-31)26-12-10-22(29(43)34-2)15-20(26)8-9-21-16-23(11-13-27(21)32)30(44)40(3)4/h10-13,15-16,24-25,35H,5-9,14,17,19H2,1-4H3,(H,34,43)(H,36,37,38,39)/t24-,25?,32?/m0/s1. The average molecular weight is 598 g/mol. The molecule has 3 aromatic rings. The number of carbonyl (C=O) groups excluding carboxylic acids is 3. The molecule has 12 heteroatoms. The molecule has 0 bridgehead atoms. The van der Waals surface area contributed by atoms with E-state index in [0.29, 0.717) is 55.6 Å². The predicted octanol–water partition coefficient (Wildman–Crippen LogP) is 1.97. The second-order valence-electron chi connectivity index (χ2n) is 11.7. The number of nitriles is 1. The van der Waals surface area contributed by atoms with Gasteiger partial charge in [-0.1, -0.05) is 24.3 Å². The van der Waals surface area contributed by atoms with Crippen LogP contribution in [0.1, 0.15) is 81.4 Å². The summed E-state index contributed by atoms with van der Waals surface area (Å²) in [7, 11) is 5.07. The SMILES string of the molecule is CC[C@@H](CC1(c2nn[nH]n2)c2ccc(C(=O)NC)cc2CCc2cc(C(=O)N(C)C)ccc21)NCC(=O)N1CCCC1C#N. The molecule has 0 spiro atoms. The number of benzene rings is 2. The van der Waals surface area contributed by atoms with Gasteiger partial charge >= 0.3 is 0 Å². The van der Waals surface area contributed by atoms with Gasteiger partial charge in [0.15, 0.2) is 5.82 Å². The third-order valence-corrected chi connectivity index (χ3v) is 8.97. The van der Waals surface area contributed by atoms with Crippen LogP contribution in [0.4, 0.5) is 0 Å². The number of nitrogens with one attached hydrogen (secondary N) is 3. The number of aromatic nitrogens is 4. The predicted molar refractivity (Wildman–Crippen MR) is 163 cm³/mol. The number of tetrazole rings is 1. The van der Waals surface area contributed by atoms with E-state index >= 15 is 0 Å². The molecule has 5 rings (SSSR count). The number of aromatic amines is 1. The maximum absolute atomic E-state index is 13.2. The normalized spacial score (nSPS) is 19.7. The largest absolute Gasteiger partial charge is 0.355 e. The summed E-state index contributed by atoms with van der Waals surface area (Å²) in [6, 6.07) is 13.2. The molecule has 2 aromatic carbocycles. The first-order valence-electron chi connectivity index (χ1n) is 15.1. The lowest BCUT2D eigenvalue weighted by atomic mass is 9.67. The highest BCUT2D eigenvalue weighted by molar-refractivity contribution is 5.95. The Morgan fingerprint density at radius 2 is 1.82 bits per heavy atom. The van der Waals surface area contributed by atoms with Gasteiger partial charge < -0.3 is 20.4 Å². The number of rotatable bonds is 9. The van der Waals surface area contributed by atoms with E-state index in [9.17, 15) is 19.6 Å². The second kappa shape index (κ2) is 12.9. The van der Waals surface area contributed by atoms with E-state index in [0.717, 1.165) is 28.7 Å². The molecule has 0 saturated carbocycles. The summed E-state index contributed by atoms with van der Waals surface area (Å²) in [6.45, 7) is 2.75. The number of aryl methyl sites for hydroxylation is 2. The Morgan fingerprint density at radius 1 is 1.14 bits per heavy atom. The fourth-order valence-electron chi connectivity index (χ4n) is 6.68. The lowest BCUT2D eigenvalue weighted by molar-refractivity contribution is -0.130. The maximum Gasteiger partial charge on any atom is 0.253 e. The van der Waals surface area contributed by atoms with E-state index in [1.54, 1.807) is 30.9 Å². The molecule has 2 unspecified atom stereocenters. The highest BCUT2D eigenvalue weighted by Gasteiger charge is 2.46. The summed E-state index contributed by atoms with van der Waals surface area (Å²) in [6.07, 6.45) is 3.99. The van der Waals surface area contributed by atoms with E-state index < -0.39 is 5.41 Å². The van der Waals surface area contributed by atoms with Crippen molar-refractivity contribution in [2.75, 3.05) is 34.2 Å². The Kier molecular flexibility index (Phi) is 9.06. The Morgan fingerprint density at radius 3 is 2.41 bits per heavy atom. The van der Waals surface area contributed by atoms with Crippen molar-refractivity contribution < 1.29 is 14.4 Å². The van der Waals surface area contributed by atoms with Crippen molar-refractivity contribution in [1.82, 2.24) is 41.1 Å². The fraction of sp³-hybridized carbons (Fsp3) is 0.469. The molecule has 3 N–H and O–H groups in total. The van der Waals surface area contributed by atoms with E-state index in [-0.39, 0.29) is 36.3 Å². The highest BCUT2D eigenvalue weighted by Crippen LogP contribution is 2.47. The Balaban J connectivity index is 1.62. The molecular formula is C32H39N9O3. The molecule has 2 heterocycles. The molecule has 1 aliphatic heterocycles. The monoisotopic (exact) mass is 597 g/mol. The number of carbonyl (C=O) groups is 3. The van der Waals surface area contributed by atoms with Gasteiger partial charge in [-0.2, -0.15) is 10.5 Å². The van der Waals surface area contributed by atoms with Crippen LogP contribution in [-0.2, 0) is 23.1 Å². The molecule has 2 aliphatic rings. The summed E-state index contributed by atoms with van der Waals surface area (Å²) in [5.41, 5.74) is 4.10. The zero-order valence-electron chi connectivity index (χ0n) is 25.7. The fourth-order valence-corrected chi connectivity index (χ4v) is 6.68. The Labute approximate surface area is 257 Å². The molecule has 1 aliphatic carbocycles. The van der Waals surface area contributed by atoms with Crippen LogP contribution in [0.15, 0.2) is 36.4 Å². The van der Waals surface area contributed by atoms with E-state index in [1.807, 2.05) is 36.4 Å². The third-order valence-electron chi connectivity index (χ3n) is 8.97. The quantitative estimate of drug-likeness (QED) is 0.338. The van der Waals surface area contributed by atoms with E-state index in [4.69, 9.17) is 0 Å². The molecule has 1 fully saturated rings. The van der Waals surface area contributed by atoms with Gasteiger partial charge in [-0.15, -0.1) is 10.2 Å². The zero-order valence-corrected chi connectivity index (χ0v) is 25.7. The number of hydrogen-bond donors (Lipinski definition) is 3. The van der Waals surface area contributed by atoms with Gasteiger partial charge in [0.2, 0.25) is 5.91 Å². The number of amides is 3. The molecule has 3 atom stereocenters. The maximum atomic E-state index is 13.2. The average Bonchev–Trinajstić information content (AvgIpc) is 3.74. The van der Waals surface area contributed by atoms with Gasteiger partial charge in [-0.25, -0.2) is 0 Å². The van der Waals surface area contributed by atoms with Crippen LogP contribution in [0, 0.1) is 11.3 Å².